The van der Waals surface area contributed by atoms with Crippen LogP contribution in [-0.4, -0.2) is 35.7 Å². The average Bonchev–Trinajstić information content (AvgIpc) is 2.52. The zero-order valence-corrected chi connectivity index (χ0v) is 13.9. The van der Waals surface area contributed by atoms with E-state index in [9.17, 15) is 14.7 Å². The van der Waals surface area contributed by atoms with Crippen molar-refractivity contribution in [2.45, 2.75) is 45.6 Å². The molecule has 23 heavy (non-hydrogen) atoms. The van der Waals surface area contributed by atoms with Gasteiger partial charge in [-0.3, -0.25) is 4.79 Å². The van der Waals surface area contributed by atoms with Gasteiger partial charge in [-0.25, -0.2) is 4.79 Å². The Labute approximate surface area is 136 Å². The van der Waals surface area contributed by atoms with E-state index < -0.39 is 17.4 Å². The zero-order valence-electron chi connectivity index (χ0n) is 13.9. The molecule has 0 bridgehead atoms. The number of hydrogen-bond acceptors (Lipinski definition) is 4. The number of ether oxygens (including phenoxy) is 2. The van der Waals surface area contributed by atoms with Crippen molar-refractivity contribution >= 4 is 11.9 Å². The van der Waals surface area contributed by atoms with Crippen molar-refractivity contribution in [3.05, 3.63) is 24.3 Å². The maximum Gasteiger partial charge on any atom is 0.329 e. The summed E-state index contributed by atoms with van der Waals surface area (Å²) in [5, 5.41) is 11.7. The Balaban J connectivity index is 2.50. The fourth-order valence-electron chi connectivity index (χ4n) is 2.07. The second-order valence-corrected chi connectivity index (χ2v) is 5.54. The smallest absolute Gasteiger partial charge is 0.329 e. The summed E-state index contributed by atoms with van der Waals surface area (Å²) < 4.78 is 10.8. The van der Waals surface area contributed by atoms with Gasteiger partial charge < -0.3 is 19.9 Å². The standard InChI is InChI=1S/C17H25NO5/c1-4-10-17(3,16(20)21)18-15(19)12-23-14-8-6-13(7-9-14)22-11-5-2/h6-9H,4-5,10-12H2,1-3H3,(H,18,19)(H,20,21). The number of aliphatic carboxylic acids is 1. The molecular weight excluding hydrogens is 298 g/mol. The molecule has 0 saturated heterocycles. The SMILES string of the molecule is CCCOc1ccc(OCC(=O)NC(C)(CCC)C(=O)O)cc1. The monoisotopic (exact) mass is 323 g/mol. The molecule has 1 amide bonds. The summed E-state index contributed by atoms with van der Waals surface area (Å²) in [5.74, 6) is -0.249. The van der Waals surface area contributed by atoms with Gasteiger partial charge in [-0.05, 0) is 44.0 Å². The molecule has 0 aliphatic heterocycles. The zero-order chi connectivity index (χ0) is 17.3. The van der Waals surface area contributed by atoms with Crippen LogP contribution in [-0.2, 0) is 9.59 Å². The number of carbonyl (C=O) groups excluding carboxylic acids is 1. The van der Waals surface area contributed by atoms with Crippen molar-refractivity contribution < 1.29 is 24.2 Å². The Hall–Kier alpha value is -2.24. The van der Waals surface area contributed by atoms with Crippen LogP contribution in [0.3, 0.4) is 0 Å². The number of nitrogens with one attached hydrogen (secondary N) is 1. The van der Waals surface area contributed by atoms with E-state index in [0.717, 1.165) is 12.2 Å². The molecule has 0 aliphatic carbocycles. The molecule has 128 valence electrons. The van der Waals surface area contributed by atoms with Crippen molar-refractivity contribution in [1.29, 1.82) is 0 Å². The first-order valence-electron chi connectivity index (χ1n) is 7.81. The molecule has 1 aromatic rings. The lowest BCUT2D eigenvalue weighted by atomic mass is 9.96. The van der Waals surface area contributed by atoms with Crippen molar-refractivity contribution in [2.24, 2.45) is 0 Å². The Morgan fingerprint density at radius 1 is 1.09 bits per heavy atom. The van der Waals surface area contributed by atoms with E-state index in [-0.39, 0.29) is 6.61 Å². The molecule has 0 radical (unpaired) electrons. The summed E-state index contributed by atoms with van der Waals surface area (Å²) in [7, 11) is 0. The lowest BCUT2D eigenvalue weighted by Crippen LogP contribution is -2.53. The molecule has 2 N–H and O–H groups in total. The maximum atomic E-state index is 11.9. The Kier molecular flexibility index (Phi) is 7.38. The van der Waals surface area contributed by atoms with Crippen molar-refractivity contribution in [1.82, 2.24) is 5.32 Å². The van der Waals surface area contributed by atoms with Gasteiger partial charge in [-0.1, -0.05) is 20.3 Å². The van der Waals surface area contributed by atoms with Crippen LogP contribution in [0.25, 0.3) is 0 Å². The topological polar surface area (TPSA) is 84.9 Å². The number of carbonyl (C=O) groups is 2. The summed E-state index contributed by atoms with van der Waals surface area (Å²) in [6.45, 7) is 5.80. The number of benzene rings is 1. The van der Waals surface area contributed by atoms with E-state index in [1.165, 1.54) is 6.92 Å². The molecule has 0 fully saturated rings. The van der Waals surface area contributed by atoms with E-state index in [4.69, 9.17) is 9.47 Å². The van der Waals surface area contributed by atoms with Crippen LogP contribution in [0, 0.1) is 0 Å². The second-order valence-electron chi connectivity index (χ2n) is 5.54. The number of carboxylic acid groups (broad SMARTS) is 1. The number of carboxylic acids is 1. The van der Waals surface area contributed by atoms with Crippen LogP contribution in [0.2, 0.25) is 0 Å². The molecule has 0 spiro atoms. The molecule has 1 rings (SSSR count). The number of rotatable bonds is 10. The molecule has 6 heteroatoms. The van der Waals surface area contributed by atoms with Gasteiger partial charge in [0.25, 0.3) is 5.91 Å². The van der Waals surface area contributed by atoms with E-state index in [1.54, 1.807) is 24.3 Å². The van der Waals surface area contributed by atoms with Crippen LogP contribution in [0.5, 0.6) is 11.5 Å². The summed E-state index contributed by atoms with van der Waals surface area (Å²) in [6.07, 6.45) is 1.94. The molecule has 1 unspecified atom stereocenters. The summed E-state index contributed by atoms with van der Waals surface area (Å²) in [5.41, 5.74) is -1.27. The van der Waals surface area contributed by atoms with Gasteiger partial charge in [0.2, 0.25) is 0 Å². The Bertz CT molecular complexity index is 514. The summed E-state index contributed by atoms with van der Waals surface area (Å²) in [6, 6.07) is 6.95. The minimum absolute atomic E-state index is 0.234. The molecular formula is C17H25NO5. The minimum Gasteiger partial charge on any atom is -0.494 e. The molecule has 1 aromatic carbocycles. The van der Waals surface area contributed by atoms with Crippen LogP contribution in [0.4, 0.5) is 0 Å². The highest BCUT2D eigenvalue weighted by Gasteiger charge is 2.33. The van der Waals surface area contributed by atoms with Crippen molar-refractivity contribution in [2.75, 3.05) is 13.2 Å². The van der Waals surface area contributed by atoms with Crippen LogP contribution < -0.4 is 14.8 Å². The van der Waals surface area contributed by atoms with E-state index in [2.05, 4.69) is 5.32 Å². The normalized spacial score (nSPS) is 13.0. The third-order valence-corrected chi connectivity index (χ3v) is 3.30. The molecule has 0 saturated carbocycles. The van der Waals surface area contributed by atoms with Gasteiger partial charge in [0, 0.05) is 0 Å². The lowest BCUT2D eigenvalue weighted by molar-refractivity contribution is -0.147. The highest BCUT2D eigenvalue weighted by atomic mass is 16.5. The number of amides is 1. The Morgan fingerprint density at radius 2 is 1.65 bits per heavy atom. The summed E-state index contributed by atoms with van der Waals surface area (Å²) >= 11 is 0. The van der Waals surface area contributed by atoms with Gasteiger partial charge in [-0.15, -0.1) is 0 Å². The fraction of sp³-hybridized carbons (Fsp3) is 0.529. The van der Waals surface area contributed by atoms with Crippen molar-refractivity contribution in [3.8, 4) is 11.5 Å². The highest BCUT2D eigenvalue weighted by Crippen LogP contribution is 2.18. The molecule has 0 aromatic heterocycles. The molecule has 0 aliphatic rings. The predicted molar refractivity (Wildman–Crippen MR) is 86.8 cm³/mol. The maximum absolute atomic E-state index is 11.9. The first-order chi connectivity index (χ1) is 10.9. The van der Waals surface area contributed by atoms with Crippen LogP contribution in [0.15, 0.2) is 24.3 Å². The first kappa shape index (κ1) is 18.8. The van der Waals surface area contributed by atoms with Crippen LogP contribution in [0.1, 0.15) is 40.0 Å². The van der Waals surface area contributed by atoms with Gasteiger partial charge in [0.1, 0.15) is 17.0 Å². The minimum atomic E-state index is -1.27. The first-order valence-corrected chi connectivity index (χ1v) is 7.81. The fourth-order valence-corrected chi connectivity index (χ4v) is 2.07. The van der Waals surface area contributed by atoms with Gasteiger partial charge in [-0.2, -0.15) is 0 Å². The van der Waals surface area contributed by atoms with E-state index in [0.29, 0.717) is 25.2 Å². The highest BCUT2D eigenvalue weighted by molar-refractivity contribution is 5.87. The molecule has 0 heterocycles. The Morgan fingerprint density at radius 3 is 2.13 bits per heavy atom. The van der Waals surface area contributed by atoms with Crippen molar-refractivity contribution in [3.63, 3.8) is 0 Å². The third-order valence-electron chi connectivity index (χ3n) is 3.30. The van der Waals surface area contributed by atoms with Gasteiger partial charge >= 0.3 is 5.97 Å². The molecule has 1 atom stereocenters. The number of hydrogen-bond donors (Lipinski definition) is 2. The molecule has 6 nitrogen and oxygen atoms in total. The van der Waals surface area contributed by atoms with Crippen LogP contribution >= 0.6 is 0 Å². The van der Waals surface area contributed by atoms with Gasteiger partial charge in [0.05, 0.1) is 6.61 Å². The van der Waals surface area contributed by atoms with E-state index in [1.807, 2.05) is 13.8 Å². The third kappa shape index (κ3) is 6.18. The predicted octanol–water partition coefficient (Wildman–Crippen LogP) is 2.61. The second kappa shape index (κ2) is 9.02. The quantitative estimate of drug-likeness (QED) is 0.691. The largest absolute Gasteiger partial charge is 0.494 e. The van der Waals surface area contributed by atoms with Gasteiger partial charge in [0.15, 0.2) is 6.61 Å². The average molecular weight is 323 g/mol. The lowest BCUT2D eigenvalue weighted by Gasteiger charge is -2.25. The summed E-state index contributed by atoms with van der Waals surface area (Å²) in [4.78, 5) is 23.2. The van der Waals surface area contributed by atoms with E-state index >= 15 is 0 Å².